The van der Waals surface area contributed by atoms with Crippen LogP contribution in [0.3, 0.4) is 0 Å². The first-order chi connectivity index (χ1) is 9.61. The lowest BCUT2D eigenvalue weighted by Gasteiger charge is -2.24. The Balaban J connectivity index is 2.24. The van der Waals surface area contributed by atoms with Crippen molar-refractivity contribution in [3.05, 3.63) is 23.8 Å². The van der Waals surface area contributed by atoms with E-state index in [1.54, 1.807) is 5.57 Å². The summed E-state index contributed by atoms with van der Waals surface area (Å²) in [5.74, 6) is 4.25. The third kappa shape index (κ3) is 3.77. The highest BCUT2D eigenvalue weighted by Crippen LogP contribution is 2.49. The molecule has 0 aromatic rings. The SMILES string of the molecule is CC(C)C1CC(C(C)C)C2CCCCCC/C=C/C=C/12. The average Bonchev–Trinajstić information content (AvgIpc) is 2.73. The van der Waals surface area contributed by atoms with Crippen LogP contribution in [-0.4, -0.2) is 0 Å². The lowest BCUT2D eigenvalue weighted by atomic mass is 9.81. The van der Waals surface area contributed by atoms with Gasteiger partial charge >= 0.3 is 0 Å². The number of allylic oxidation sites excluding steroid dienone is 4. The van der Waals surface area contributed by atoms with E-state index in [4.69, 9.17) is 0 Å². The molecule has 0 spiro atoms. The highest BCUT2D eigenvalue weighted by atomic mass is 14.4. The summed E-state index contributed by atoms with van der Waals surface area (Å²) in [6.45, 7) is 9.71. The molecule has 2 aliphatic rings. The van der Waals surface area contributed by atoms with Crippen molar-refractivity contribution >= 4 is 0 Å². The molecule has 0 nitrogen and oxygen atoms in total. The maximum Gasteiger partial charge on any atom is -0.0166 e. The predicted molar refractivity (Wildman–Crippen MR) is 89.7 cm³/mol. The molecule has 1 saturated carbocycles. The zero-order valence-electron chi connectivity index (χ0n) is 14.1. The van der Waals surface area contributed by atoms with E-state index in [2.05, 4.69) is 45.9 Å². The highest BCUT2D eigenvalue weighted by molar-refractivity contribution is 5.24. The van der Waals surface area contributed by atoms with E-state index < -0.39 is 0 Å². The molecule has 1 fully saturated rings. The van der Waals surface area contributed by atoms with Crippen LogP contribution in [0.15, 0.2) is 23.8 Å². The third-order valence-electron chi connectivity index (χ3n) is 5.62. The van der Waals surface area contributed by atoms with E-state index in [0.717, 1.165) is 29.6 Å². The van der Waals surface area contributed by atoms with Crippen molar-refractivity contribution in [3.8, 4) is 0 Å². The number of hydrogen-bond donors (Lipinski definition) is 0. The van der Waals surface area contributed by atoms with Crippen LogP contribution in [0.5, 0.6) is 0 Å². The molecule has 0 aliphatic heterocycles. The van der Waals surface area contributed by atoms with E-state index in [0.29, 0.717) is 0 Å². The summed E-state index contributed by atoms with van der Waals surface area (Å²) >= 11 is 0. The van der Waals surface area contributed by atoms with Gasteiger partial charge in [-0.2, -0.15) is 0 Å². The lowest BCUT2D eigenvalue weighted by Crippen LogP contribution is -2.15. The molecule has 0 heteroatoms. The summed E-state index contributed by atoms with van der Waals surface area (Å²) in [6.07, 6.45) is 17.1. The van der Waals surface area contributed by atoms with Crippen LogP contribution in [0.2, 0.25) is 0 Å². The van der Waals surface area contributed by atoms with Gasteiger partial charge in [-0.05, 0) is 55.3 Å². The Morgan fingerprint density at radius 1 is 0.950 bits per heavy atom. The third-order valence-corrected chi connectivity index (χ3v) is 5.62. The first-order valence-electron chi connectivity index (χ1n) is 8.98. The number of rotatable bonds is 2. The normalized spacial score (nSPS) is 36.3. The van der Waals surface area contributed by atoms with Crippen molar-refractivity contribution in [1.29, 1.82) is 0 Å². The second-order valence-electron chi connectivity index (χ2n) is 7.69. The van der Waals surface area contributed by atoms with Gasteiger partial charge in [0.25, 0.3) is 0 Å². The van der Waals surface area contributed by atoms with Crippen LogP contribution >= 0.6 is 0 Å². The van der Waals surface area contributed by atoms with Crippen LogP contribution in [0.4, 0.5) is 0 Å². The first-order valence-corrected chi connectivity index (χ1v) is 8.98. The van der Waals surface area contributed by atoms with Crippen LogP contribution in [0.25, 0.3) is 0 Å². The topological polar surface area (TPSA) is 0 Å². The predicted octanol–water partition coefficient (Wildman–Crippen LogP) is 6.39. The van der Waals surface area contributed by atoms with Crippen LogP contribution in [0.1, 0.15) is 72.6 Å². The van der Waals surface area contributed by atoms with E-state index in [1.165, 1.54) is 44.9 Å². The summed E-state index contributed by atoms with van der Waals surface area (Å²) in [6, 6.07) is 0. The van der Waals surface area contributed by atoms with Gasteiger partial charge < -0.3 is 0 Å². The fourth-order valence-corrected chi connectivity index (χ4v) is 4.39. The van der Waals surface area contributed by atoms with Gasteiger partial charge in [-0.15, -0.1) is 0 Å². The van der Waals surface area contributed by atoms with Crippen molar-refractivity contribution in [1.82, 2.24) is 0 Å². The Morgan fingerprint density at radius 3 is 2.40 bits per heavy atom. The van der Waals surface area contributed by atoms with Gasteiger partial charge in [0.2, 0.25) is 0 Å². The molecular formula is C20H34. The summed E-state index contributed by atoms with van der Waals surface area (Å²) in [4.78, 5) is 0. The minimum absolute atomic E-state index is 0.797. The van der Waals surface area contributed by atoms with Gasteiger partial charge in [-0.3, -0.25) is 0 Å². The summed E-state index contributed by atoms with van der Waals surface area (Å²) in [5.41, 5.74) is 1.79. The first kappa shape index (κ1) is 15.9. The molecule has 0 radical (unpaired) electrons. The fourth-order valence-electron chi connectivity index (χ4n) is 4.39. The highest BCUT2D eigenvalue weighted by Gasteiger charge is 2.40. The minimum atomic E-state index is 0.797. The second-order valence-corrected chi connectivity index (χ2v) is 7.69. The van der Waals surface area contributed by atoms with Crippen molar-refractivity contribution in [2.24, 2.45) is 29.6 Å². The molecule has 0 saturated heterocycles. The van der Waals surface area contributed by atoms with Crippen LogP contribution in [0, 0.1) is 29.6 Å². The Morgan fingerprint density at radius 2 is 1.70 bits per heavy atom. The van der Waals surface area contributed by atoms with Crippen LogP contribution in [-0.2, 0) is 0 Å². The molecule has 3 atom stereocenters. The molecule has 0 amide bonds. The van der Waals surface area contributed by atoms with E-state index in [1.807, 2.05) is 0 Å². The van der Waals surface area contributed by atoms with E-state index in [-0.39, 0.29) is 0 Å². The zero-order valence-corrected chi connectivity index (χ0v) is 14.1. The maximum atomic E-state index is 2.50. The Hall–Kier alpha value is -0.520. The standard InChI is InChI=1S/C20H34/c1-15(2)19-14-20(16(3)4)18-13-11-9-7-5-6-8-10-12-17(18)19/h8,10,12,15-16,18-20H,5-7,9,11,13-14H2,1-4H3/b10-8+,17-12+. The molecule has 0 aromatic carbocycles. The maximum absolute atomic E-state index is 2.50. The molecule has 2 rings (SSSR count). The van der Waals surface area contributed by atoms with E-state index >= 15 is 0 Å². The van der Waals surface area contributed by atoms with Crippen molar-refractivity contribution in [2.75, 3.05) is 0 Å². The zero-order chi connectivity index (χ0) is 14.5. The van der Waals surface area contributed by atoms with Gasteiger partial charge in [0.15, 0.2) is 0 Å². The van der Waals surface area contributed by atoms with Gasteiger partial charge in [-0.1, -0.05) is 70.8 Å². The van der Waals surface area contributed by atoms with Crippen molar-refractivity contribution in [3.63, 3.8) is 0 Å². The molecule has 0 aromatic heterocycles. The summed E-state index contributed by atoms with van der Waals surface area (Å²) in [5, 5.41) is 0. The number of fused-ring (bicyclic) bond motifs is 1. The molecule has 0 heterocycles. The quantitative estimate of drug-likeness (QED) is 0.547. The largest absolute Gasteiger partial charge is 0.0845 e. The van der Waals surface area contributed by atoms with Gasteiger partial charge in [0.05, 0.1) is 0 Å². The molecule has 0 bridgehead atoms. The minimum Gasteiger partial charge on any atom is -0.0845 e. The molecule has 114 valence electrons. The van der Waals surface area contributed by atoms with Crippen molar-refractivity contribution < 1.29 is 0 Å². The van der Waals surface area contributed by atoms with Crippen molar-refractivity contribution in [2.45, 2.75) is 72.6 Å². The van der Waals surface area contributed by atoms with Gasteiger partial charge in [0.1, 0.15) is 0 Å². The van der Waals surface area contributed by atoms with E-state index in [9.17, 15) is 0 Å². The Bertz CT molecular complexity index is 345. The molecule has 20 heavy (non-hydrogen) atoms. The Kier molecular flexibility index (Phi) is 5.93. The molecule has 0 N–H and O–H groups in total. The molecule has 2 aliphatic carbocycles. The molecular weight excluding hydrogens is 240 g/mol. The summed E-state index contributed by atoms with van der Waals surface area (Å²) < 4.78 is 0. The van der Waals surface area contributed by atoms with Crippen LogP contribution < -0.4 is 0 Å². The fraction of sp³-hybridized carbons (Fsp3) is 0.800. The second kappa shape index (κ2) is 7.48. The Labute approximate surface area is 126 Å². The van der Waals surface area contributed by atoms with Gasteiger partial charge in [-0.25, -0.2) is 0 Å². The average molecular weight is 274 g/mol. The monoisotopic (exact) mass is 274 g/mol. The lowest BCUT2D eigenvalue weighted by molar-refractivity contribution is 0.284. The number of hydrogen-bond acceptors (Lipinski definition) is 0. The summed E-state index contributed by atoms with van der Waals surface area (Å²) in [7, 11) is 0. The molecule has 3 unspecified atom stereocenters. The smallest absolute Gasteiger partial charge is 0.0166 e. The van der Waals surface area contributed by atoms with Gasteiger partial charge in [0, 0.05) is 0 Å².